The number of carbonyl (C=O) groups is 2. The molecule has 33 heavy (non-hydrogen) atoms. The summed E-state index contributed by atoms with van der Waals surface area (Å²) in [6.07, 6.45) is -2.35. The first kappa shape index (κ1) is 23.1. The normalized spacial score (nSPS) is 17.9. The minimum absolute atomic E-state index is 0.0250. The number of rotatable bonds is 2. The second kappa shape index (κ2) is 7.73. The Morgan fingerprint density at radius 1 is 1.18 bits per heavy atom. The standard InChI is InChI=1S/C19H16Cl2F3N7O2/c1-18(19(22,23)24)8-30(11-7-25-13-5-12(21)28-31(13)15(11)18)17(33)27-9-4-10(20)14(26-6-9)16(32)29(2)3/h4-7H,8H2,1-3H3,(H,27,33)/t18-/m1/s1. The average Bonchev–Trinajstić information content (AvgIpc) is 3.24. The zero-order chi connectivity index (χ0) is 24.3. The van der Waals surface area contributed by atoms with Crippen molar-refractivity contribution >= 4 is 52.2 Å². The van der Waals surface area contributed by atoms with Crippen molar-refractivity contribution in [2.75, 3.05) is 30.9 Å². The Bertz CT molecular complexity index is 1290. The van der Waals surface area contributed by atoms with E-state index < -0.39 is 30.1 Å². The van der Waals surface area contributed by atoms with Gasteiger partial charge in [-0.1, -0.05) is 23.2 Å². The van der Waals surface area contributed by atoms with Gasteiger partial charge in [0.2, 0.25) is 0 Å². The number of pyridine rings is 1. The first-order valence-electron chi connectivity index (χ1n) is 9.40. The summed E-state index contributed by atoms with van der Waals surface area (Å²) in [7, 11) is 3.05. The number of nitrogens with zero attached hydrogens (tertiary/aromatic N) is 6. The molecule has 3 aromatic rings. The molecule has 0 radical (unpaired) electrons. The van der Waals surface area contributed by atoms with Gasteiger partial charge in [0.15, 0.2) is 10.8 Å². The number of amides is 3. The Labute approximate surface area is 195 Å². The van der Waals surface area contributed by atoms with Crippen molar-refractivity contribution in [2.45, 2.75) is 18.5 Å². The van der Waals surface area contributed by atoms with Crippen molar-refractivity contribution in [3.05, 3.63) is 46.1 Å². The minimum atomic E-state index is -4.71. The number of nitrogens with one attached hydrogen (secondary N) is 1. The molecular weight excluding hydrogens is 486 g/mol. The number of anilines is 2. The highest BCUT2D eigenvalue weighted by molar-refractivity contribution is 6.33. The van der Waals surface area contributed by atoms with Crippen LogP contribution in [0.5, 0.6) is 0 Å². The molecule has 14 heteroatoms. The van der Waals surface area contributed by atoms with Gasteiger partial charge in [-0.25, -0.2) is 19.3 Å². The van der Waals surface area contributed by atoms with E-state index in [1.54, 1.807) is 0 Å². The largest absolute Gasteiger partial charge is 0.401 e. The molecule has 0 fully saturated rings. The van der Waals surface area contributed by atoms with Crippen molar-refractivity contribution < 1.29 is 22.8 Å². The molecule has 3 aromatic heterocycles. The van der Waals surface area contributed by atoms with E-state index in [4.69, 9.17) is 23.2 Å². The van der Waals surface area contributed by atoms with E-state index in [0.29, 0.717) is 0 Å². The Morgan fingerprint density at radius 2 is 1.88 bits per heavy atom. The predicted octanol–water partition coefficient (Wildman–Crippen LogP) is 4.01. The molecule has 0 bridgehead atoms. The Morgan fingerprint density at radius 3 is 2.48 bits per heavy atom. The van der Waals surface area contributed by atoms with Gasteiger partial charge < -0.3 is 10.2 Å². The van der Waals surface area contributed by atoms with Gasteiger partial charge >= 0.3 is 12.2 Å². The fourth-order valence-corrected chi connectivity index (χ4v) is 3.98. The van der Waals surface area contributed by atoms with Crippen LogP contribution in [0.1, 0.15) is 23.1 Å². The molecule has 1 aliphatic rings. The van der Waals surface area contributed by atoms with Gasteiger partial charge in [-0.05, 0) is 13.0 Å². The van der Waals surface area contributed by atoms with E-state index in [9.17, 15) is 22.8 Å². The van der Waals surface area contributed by atoms with E-state index in [2.05, 4.69) is 20.4 Å². The van der Waals surface area contributed by atoms with Gasteiger partial charge in [0.1, 0.15) is 11.1 Å². The predicted molar refractivity (Wildman–Crippen MR) is 115 cm³/mol. The number of fused-ring (bicyclic) bond motifs is 3. The van der Waals surface area contributed by atoms with Crippen LogP contribution in [0.2, 0.25) is 10.2 Å². The van der Waals surface area contributed by atoms with Crippen molar-refractivity contribution in [2.24, 2.45) is 0 Å². The van der Waals surface area contributed by atoms with Crippen LogP contribution in [-0.2, 0) is 5.41 Å². The van der Waals surface area contributed by atoms with Gasteiger partial charge in [-0.2, -0.15) is 18.3 Å². The summed E-state index contributed by atoms with van der Waals surface area (Å²) >= 11 is 12.0. The second-order valence-corrected chi connectivity index (χ2v) is 8.62. The highest BCUT2D eigenvalue weighted by atomic mass is 35.5. The SMILES string of the molecule is CN(C)C(=O)c1ncc(NC(=O)N2C[C@@](C)(C(F)(F)F)c3c2cnc2cc(Cl)nn32)cc1Cl. The van der Waals surface area contributed by atoms with Gasteiger partial charge in [-0.3, -0.25) is 9.69 Å². The van der Waals surface area contributed by atoms with Crippen LogP contribution in [0, 0.1) is 0 Å². The van der Waals surface area contributed by atoms with Crippen LogP contribution in [0.4, 0.5) is 29.3 Å². The zero-order valence-electron chi connectivity index (χ0n) is 17.4. The molecule has 0 aromatic carbocycles. The molecule has 3 amide bonds. The lowest BCUT2D eigenvalue weighted by atomic mass is 9.88. The van der Waals surface area contributed by atoms with E-state index in [1.165, 1.54) is 43.5 Å². The zero-order valence-corrected chi connectivity index (χ0v) is 18.9. The number of urea groups is 1. The quantitative estimate of drug-likeness (QED) is 0.572. The van der Waals surface area contributed by atoms with Crippen LogP contribution in [0.25, 0.3) is 5.65 Å². The molecule has 4 heterocycles. The maximum Gasteiger partial charge on any atom is 0.401 e. The average molecular weight is 502 g/mol. The Balaban J connectivity index is 1.71. The van der Waals surface area contributed by atoms with Crippen LogP contribution in [0.3, 0.4) is 0 Å². The number of carbonyl (C=O) groups excluding carboxylic acids is 2. The second-order valence-electron chi connectivity index (χ2n) is 7.83. The van der Waals surface area contributed by atoms with Crippen molar-refractivity contribution in [1.82, 2.24) is 24.5 Å². The molecule has 0 unspecified atom stereocenters. The van der Waals surface area contributed by atoms with Crippen LogP contribution >= 0.6 is 23.2 Å². The summed E-state index contributed by atoms with van der Waals surface area (Å²) in [6, 6.07) is 1.75. The summed E-state index contributed by atoms with van der Waals surface area (Å²) in [5, 5.41) is 6.33. The van der Waals surface area contributed by atoms with E-state index in [1.807, 2.05) is 0 Å². The summed E-state index contributed by atoms with van der Waals surface area (Å²) in [6.45, 7) is 0.266. The fraction of sp³-hybridized carbons (Fsp3) is 0.316. The van der Waals surface area contributed by atoms with Gasteiger partial charge in [0.05, 0.1) is 34.5 Å². The lowest BCUT2D eigenvalue weighted by Gasteiger charge is -2.28. The highest BCUT2D eigenvalue weighted by Crippen LogP contribution is 2.50. The van der Waals surface area contributed by atoms with Gasteiger partial charge in [-0.15, -0.1) is 0 Å². The summed E-state index contributed by atoms with van der Waals surface area (Å²) in [5.74, 6) is -0.444. The Hall–Kier alpha value is -3.12. The topological polar surface area (TPSA) is 95.7 Å². The van der Waals surface area contributed by atoms with Crippen LogP contribution in [-0.4, -0.2) is 63.2 Å². The molecule has 1 N–H and O–H groups in total. The molecule has 4 rings (SSSR count). The molecule has 0 aliphatic carbocycles. The van der Waals surface area contributed by atoms with Crippen LogP contribution < -0.4 is 10.2 Å². The van der Waals surface area contributed by atoms with E-state index in [-0.39, 0.29) is 38.6 Å². The molecule has 1 aliphatic heterocycles. The van der Waals surface area contributed by atoms with Crippen LogP contribution in [0.15, 0.2) is 24.5 Å². The van der Waals surface area contributed by atoms with E-state index >= 15 is 0 Å². The molecule has 9 nitrogen and oxygen atoms in total. The molecule has 0 saturated carbocycles. The molecule has 174 valence electrons. The minimum Gasteiger partial charge on any atom is -0.343 e. The third-order valence-corrected chi connectivity index (χ3v) is 5.77. The smallest absolute Gasteiger partial charge is 0.343 e. The Kier molecular flexibility index (Phi) is 5.40. The number of halogens is 5. The molecule has 0 spiro atoms. The fourth-order valence-electron chi connectivity index (χ4n) is 3.56. The molecule has 0 saturated heterocycles. The highest BCUT2D eigenvalue weighted by Gasteiger charge is 2.60. The maximum atomic E-state index is 14.1. The lowest BCUT2D eigenvalue weighted by Crippen LogP contribution is -2.46. The number of hydrogen-bond acceptors (Lipinski definition) is 5. The summed E-state index contributed by atoms with van der Waals surface area (Å²) in [5.41, 5.74) is -2.58. The monoisotopic (exact) mass is 501 g/mol. The first-order chi connectivity index (χ1) is 15.3. The van der Waals surface area contributed by atoms with Crippen molar-refractivity contribution in [3.63, 3.8) is 0 Å². The molecule has 1 atom stereocenters. The number of aromatic nitrogens is 4. The maximum absolute atomic E-state index is 14.1. The number of alkyl halides is 3. The first-order valence-corrected chi connectivity index (χ1v) is 10.2. The number of hydrogen-bond donors (Lipinski definition) is 1. The third kappa shape index (κ3) is 3.72. The van der Waals surface area contributed by atoms with Gasteiger partial charge in [0.25, 0.3) is 5.91 Å². The lowest BCUT2D eigenvalue weighted by molar-refractivity contribution is -0.181. The van der Waals surface area contributed by atoms with E-state index in [0.717, 1.165) is 16.3 Å². The third-order valence-electron chi connectivity index (χ3n) is 5.29. The summed E-state index contributed by atoms with van der Waals surface area (Å²) in [4.78, 5) is 35.3. The summed E-state index contributed by atoms with van der Waals surface area (Å²) < 4.78 is 43.4. The van der Waals surface area contributed by atoms with Crippen molar-refractivity contribution in [1.29, 1.82) is 0 Å². The molecular formula is C19H16Cl2F3N7O2. The van der Waals surface area contributed by atoms with Gasteiger partial charge in [0, 0.05) is 26.7 Å². The van der Waals surface area contributed by atoms with Crippen molar-refractivity contribution in [3.8, 4) is 0 Å².